The number of carbonyl (C=O) groups excluding carboxylic acids is 2. The fraction of sp³-hybridized carbons (Fsp3) is 0.556. The standard InChI is InChI=1S/C18H28N2O4/c1-13(2)17(18(19)22)20-16(21)7-5-4-6-12-24-15-10-8-14(23-3)9-11-15/h8-11,13,17H,4-7,12H2,1-3H3,(H2,19,22)(H,20,21). The summed E-state index contributed by atoms with van der Waals surface area (Å²) < 4.78 is 10.7. The van der Waals surface area contributed by atoms with Crippen molar-refractivity contribution < 1.29 is 19.1 Å². The number of hydrogen-bond acceptors (Lipinski definition) is 4. The Morgan fingerprint density at radius 3 is 2.25 bits per heavy atom. The summed E-state index contributed by atoms with van der Waals surface area (Å²) in [4.78, 5) is 23.1. The highest BCUT2D eigenvalue weighted by molar-refractivity contribution is 5.86. The lowest BCUT2D eigenvalue weighted by Crippen LogP contribution is -2.47. The predicted octanol–water partition coefficient (Wildman–Crippen LogP) is 2.26. The molecule has 0 saturated carbocycles. The first-order valence-corrected chi connectivity index (χ1v) is 8.29. The van der Waals surface area contributed by atoms with E-state index < -0.39 is 11.9 Å². The van der Waals surface area contributed by atoms with Crippen molar-refractivity contribution in [1.82, 2.24) is 5.32 Å². The van der Waals surface area contributed by atoms with Gasteiger partial charge in [-0.3, -0.25) is 9.59 Å². The minimum atomic E-state index is -0.601. The molecular weight excluding hydrogens is 308 g/mol. The topological polar surface area (TPSA) is 90.7 Å². The van der Waals surface area contributed by atoms with Crippen LogP contribution in [-0.2, 0) is 9.59 Å². The van der Waals surface area contributed by atoms with Gasteiger partial charge in [-0.05, 0) is 49.4 Å². The zero-order valence-electron chi connectivity index (χ0n) is 14.7. The highest BCUT2D eigenvalue weighted by Gasteiger charge is 2.20. The molecule has 1 aromatic carbocycles. The fourth-order valence-corrected chi connectivity index (χ4v) is 2.24. The lowest BCUT2D eigenvalue weighted by Gasteiger charge is -2.18. The van der Waals surface area contributed by atoms with E-state index in [-0.39, 0.29) is 11.8 Å². The van der Waals surface area contributed by atoms with Gasteiger partial charge in [0, 0.05) is 6.42 Å². The minimum absolute atomic E-state index is 0.00986. The summed E-state index contributed by atoms with van der Waals surface area (Å²) in [5.41, 5.74) is 5.28. The third-order valence-corrected chi connectivity index (χ3v) is 3.67. The van der Waals surface area contributed by atoms with Crippen LogP contribution < -0.4 is 20.5 Å². The first-order valence-electron chi connectivity index (χ1n) is 8.29. The van der Waals surface area contributed by atoms with E-state index in [4.69, 9.17) is 15.2 Å². The lowest BCUT2D eigenvalue weighted by molar-refractivity contribution is -0.128. The fourth-order valence-electron chi connectivity index (χ4n) is 2.24. The molecule has 24 heavy (non-hydrogen) atoms. The summed E-state index contributed by atoms with van der Waals surface area (Å²) in [6, 6.07) is 6.83. The van der Waals surface area contributed by atoms with Crippen LogP contribution in [0.5, 0.6) is 11.5 Å². The van der Waals surface area contributed by atoms with Crippen LogP contribution in [-0.4, -0.2) is 31.6 Å². The summed E-state index contributed by atoms with van der Waals surface area (Å²) >= 11 is 0. The van der Waals surface area contributed by atoms with Crippen molar-refractivity contribution in [1.29, 1.82) is 0 Å². The van der Waals surface area contributed by atoms with E-state index in [1.54, 1.807) is 7.11 Å². The lowest BCUT2D eigenvalue weighted by atomic mass is 10.0. The second-order valence-corrected chi connectivity index (χ2v) is 6.03. The molecule has 0 aliphatic rings. The molecule has 1 rings (SSSR count). The third-order valence-electron chi connectivity index (χ3n) is 3.67. The summed E-state index contributed by atoms with van der Waals surface area (Å²) in [5, 5.41) is 2.69. The zero-order chi connectivity index (χ0) is 17.9. The second kappa shape index (κ2) is 10.5. The van der Waals surface area contributed by atoms with E-state index in [2.05, 4.69) is 5.32 Å². The number of primary amides is 1. The number of unbranched alkanes of at least 4 members (excludes halogenated alkanes) is 2. The van der Waals surface area contributed by atoms with E-state index in [0.29, 0.717) is 13.0 Å². The number of carbonyl (C=O) groups is 2. The van der Waals surface area contributed by atoms with Crippen molar-refractivity contribution in [2.24, 2.45) is 11.7 Å². The number of ether oxygens (including phenoxy) is 2. The maximum atomic E-state index is 11.8. The molecule has 0 aliphatic heterocycles. The van der Waals surface area contributed by atoms with Gasteiger partial charge < -0.3 is 20.5 Å². The SMILES string of the molecule is COc1ccc(OCCCCCC(=O)NC(C(N)=O)C(C)C)cc1. The number of nitrogens with two attached hydrogens (primary N) is 1. The quantitative estimate of drug-likeness (QED) is 0.606. The summed E-state index contributed by atoms with van der Waals surface area (Å²) in [6.07, 6.45) is 2.88. The molecule has 0 fully saturated rings. The molecule has 0 radical (unpaired) electrons. The number of amides is 2. The van der Waals surface area contributed by atoms with Gasteiger partial charge in [0.15, 0.2) is 0 Å². The third kappa shape index (κ3) is 7.35. The van der Waals surface area contributed by atoms with Crippen LogP contribution in [0.1, 0.15) is 39.5 Å². The normalized spacial score (nSPS) is 11.8. The molecule has 1 atom stereocenters. The van der Waals surface area contributed by atoms with Gasteiger partial charge in [0.1, 0.15) is 17.5 Å². The van der Waals surface area contributed by atoms with E-state index in [1.165, 1.54) is 0 Å². The first kappa shape index (κ1) is 19.8. The first-order chi connectivity index (χ1) is 11.4. The molecular formula is C18H28N2O4. The molecule has 0 heterocycles. The van der Waals surface area contributed by atoms with Gasteiger partial charge >= 0.3 is 0 Å². The zero-order valence-corrected chi connectivity index (χ0v) is 14.7. The molecule has 6 heteroatoms. The van der Waals surface area contributed by atoms with E-state index >= 15 is 0 Å². The Labute approximate surface area is 143 Å². The van der Waals surface area contributed by atoms with E-state index in [1.807, 2.05) is 38.1 Å². The molecule has 3 N–H and O–H groups in total. The summed E-state index contributed by atoms with van der Waals surface area (Å²) in [5.74, 6) is 0.956. The number of rotatable bonds is 11. The summed E-state index contributed by atoms with van der Waals surface area (Å²) in [7, 11) is 1.62. The molecule has 0 saturated heterocycles. The monoisotopic (exact) mass is 336 g/mol. The van der Waals surface area contributed by atoms with Crippen LogP contribution in [0.4, 0.5) is 0 Å². The Balaban J connectivity index is 2.14. The molecule has 0 spiro atoms. The molecule has 1 unspecified atom stereocenters. The van der Waals surface area contributed by atoms with Crippen LogP contribution in [0.2, 0.25) is 0 Å². The van der Waals surface area contributed by atoms with Crippen molar-refractivity contribution in [3.05, 3.63) is 24.3 Å². The Morgan fingerprint density at radius 2 is 1.71 bits per heavy atom. The molecule has 0 aliphatic carbocycles. The second-order valence-electron chi connectivity index (χ2n) is 6.03. The van der Waals surface area contributed by atoms with Crippen molar-refractivity contribution in [2.45, 2.75) is 45.6 Å². The molecule has 6 nitrogen and oxygen atoms in total. The summed E-state index contributed by atoms with van der Waals surface area (Å²) in [6.45, 7) is 4.31. The van der Waals surface area contributed by atoms with Crippen molar-refractivity contribution in [3.8, 4) is 11.5 Å². The Kier molecular flexibility index (Phi) is 8.68. The van der Waals surface area contributed by atoms with Crippen LogP contribution in [0.25, 0.3) is 0 Å². The molecule has 134 valence electrons. The average molecular weight is 336 g/mol. The van der Waals surface area contributed by atoms with Gasteiger partial charge in [-0.1, -0.05) is 13.8 Å². The van der Waals surface area contributed by atoms with Crippen LogP contribution in [0.3, 0.4) is 0 Å². The van der Waals surface area contributed by atoms with Crippen molar-refractivity contribution in [3.63, 3.8) is 0 Å². The van der Waals surface area contributed by atoms with Gasteiger partial charge in [0.2, 0.25) is 11.8 Å². The Bertz CT molecular complexity index is 514. The van der Waals surface area contributed by atoms with Gasteiger partial charge in [-0.15, -0.1) is 0 Å². The van der Waals surface area contributed by atoms with Crippen molar-refractivity contribution >= 4 is 11.8 Å². The molecule has 1 aromatic rings. The van der Waals surface area contributed by atoms with Gasteiger partial charge in [0.25, 0.3) is 0 Å². The maximum absolute atomic E-state index is 11.8. The van der Waals surface area contributed by atoms with Crippen LogP contribution in [0, 0.1) is 5.92 Å². The number of hydrogen-bond donors (Lipinski definition) is 2. The van der Waals surface area contributed by atoms with Gasteiger partial charge in [-0.25, -0.2) is 0 Å². The highest BCUT2D eigenvalue weighted by atomic mass is 16.5. The van der Waals surface area contributed by atoms with Gasteiger partial charge in [-0.2, -0.15) is 0 Å². The Hall–Kier alpha value is -2.24. The number of nitrogens with one attached hydrogen (secondary N) is 1. The van der Waals surface area contributed by atoms with Crippen LogP contribution >= 0.6 is 0 Å². The van der Waals surface area contributed by atoms with E-state index in [0.717, 1.165) is 30.8 Å². The molecule has 0 aromatic heterocycles. The maximum Gasteiger partial charge on any atom is 0.240 e. The van der Waals surface area contributed by atoms with Crippen LogP contribution in [0.15, 0.2) is 24.3 Å². The Morgan fingerprint density at radius 1 is 1.08 bits per heavy atom. The number of benzene rings is 1. The van der Waals surface area contributed by atoms with Gasteiger partial charge in [0.05, 0.1) is 13.7 Å². The van der Waals surface area contributed by atoms with Crippen molar-refractivity contribution in [2.75, 3.05) is 13.7 Å². The molecule has 2 amide bonds. The largest absolute Gasteiger partial charge is 0.497 e. The smallest absolute Gasteiger partial charge is 0.240 e. The van der Waals surface area contributed by atoms with E-state index in [9.17, 15) is 9.59 Å². The minimum Gasteiger partial charge on any atom is -0.497 e. The molecule has 0 bridgehead atoms. The predicted molar refractivity (Wildman–Crippen MR) is 92.9 cm³/mol. The average Bonchev–Trinajstić information content (AvgIpc) is 2.55. The highest BCUT2D eigenvalue weighted by Crippen LogP contribution is 2.17. The number of methoxy groups -OCH3 is 1.